The predicted octanol–water partition coefficient (Wildman–Crippen LogP) is 1.81. The molecule has 2 rings (SSSR count). The van der Waals surface area contributed by atoms with Crippen LogP contribution in [0.2, 0.25) is 0 Å². The van der Waals surface area contributed by atoms with Crippen LogP contribution in [0.25, 0.3) is 0 Å². The van der Waals surface area contributed by atoms with Crippen molar-refractivity contribution >= 4 is 0 Å². The highest BCUT2D eigenvalue weighted by atomic mass is 16.5. The molecule has 0 aromatic carbocycles. The Morgan fingerprint density at radius 2 is 2.14 bits per heavy atom. The fourth-order valence-electron chi connectivity index (χ4n) is 2.32. The third-order valence-electron chi connectivity index (χ3n) is 3.38. The number of ether oxygens (including phenoxy) is 1. The summed E-state index contributed by atoms with van der Waals surface area (Å²) in [5, 5.41) is 7.94. The van der Waals surface area contributed by atoms with Gasteiger partial charge in [0.05, 0.1) is 24.5 Å². The number of rotatable bonds is 7. The van der Waals surface area contributed by atoms with Crippen LogP contribution in [0.4, 0.5) is 0 Å². The SMILES string of the molecule is CCCNC(Cc1cc(C)nn1C)c1cc(OC)ncn1. The molecule has 0 saturated heterocycles. The van der Waals surface area contributed by atoms with Crippen molar-refractivity contribution in [2.45, 2.75) is 32.7 Å². The monoisotopic (exact) mass is 289 g/mol. The Bertz CT molecular complexity index is 581. The van der Waals surface area contributed by atoms with Crippen LogP contribution in [0.5, 0.6) is 5.88 Å². The Morgan fingerprint density at radius 1 is 1.33 bits per heavy atom. The Morgan fingerprint density at radius 3 is 2.76 bits per heavy atom. The molecule has 1 unspecified atom stereocenters. The molecule has 6 heteroatoms. The molecule has 6 nitrogen and oxygen atoms in total. The van der Waals surface area contributed by atoms with Crippen molar-refractivity contribution in [1.82, 2.24) is 25.1 Å². The molecule has 0 aliphatic heterocycles. The van der Waals surface area contributed by atoms with Crippen molar-refractivity contribution in [1.29, 1.82) is 0 Å². The summed E-state index contributed by atoms with van der Waals surface area (Å²) in [4.78, 5) is 8.46. The first kappa shape index (κ1) is 15.4. The van der Waals surface area contributed by atoms with Crippen LogP contribution in [-0.2, 0) is 13.5 Å². The van der Waals surface area contributed by atoms with Crippen molar-refractivity contribution in [3.05, 3.63) is 35.5 Å². The number of aryl methyl sites for hydroxylation is 2. The minimum absolute atomic E-state index is 0.122. The van der Waals surface area contributed by atoms with E-state index in [1.165, 1.54) is 5.69 Å². The molecule has 1 N–H and O–H groups in total. The maximum absolute atomic E-state index is 5.19. The van der Waals surface area contributed by atoms with E-state index in [4.69, 9.17) is 4.74 Å². The van der Waals surface area contributed by atoms with E-state index in [1.54, 1.807) is 13.4 Å². The van der Waals surface area contributed by atoms with E-state index >= 15 is 0 Å². The summed E-state index contributed by atoms with van der Waals surface area (Å²) in [6.45, 7) is 5.10. The molecule has 0 radical (unpaired) electrons. The number of aromatic nitrogens is 4. The standard InChI is InChI=1S/C15H23N5O/c1-5-6-16-13(8-12-7-11(2)19-20(12)3)14-9-15(21-4)18-10-17-14/h7,9-10,13,16H,5-6,8H2,1-4H3. The second kappa shape index (κ2) is 7.17. The lowest BCUT2D eigenvalue weighted by atomic mass is 10.1. The number of methoxy groups -OCH3 is 1. The molecule has 0 aliphatic carbocycles. The van der Waals surface area contributed by atoms with Gasteiger partial charge in [0.15, 0.2) is 0 Å². The number of nitrogens with zero attached hydrogens (tertiary/aromatic N) is 4. The van der Waals surface area contributed by atoms with E-state index in [1.807, 2.05) is 24.7 Å². The van der Waals surface area contributed by atoms with Crippen LogP contribution in [0, 0.1) is 6.92 Å². The Kier molecular flexibility index (Phi) is 5.27. The zero-order chi connectivity index (χ0) is 15.2. The number of hydrogen-bond donors (Lipinski definition) is 1. The first-order valence-electron chi connectivity index (χ1n) is 7.22. The molecular weight excluding hydrogens is 266 g/mol. The lowest BCUT2D eigenvalue weighted by Gasteiger charge is -2.18. The molecule has 2 heterocycles. The normalized spacial score (nSPS) is 12.4. The fraction of sp³-hybridized carbons (Fsp3) is 0.533. The van der Waals surface area contributed by atoms with E-state index in [9.17, 15) is 0 Å². The second-order valence-corrected chi connectivity index (χ2v) is 5.10. The van der Waals surface area contributed by atoms with Crippen LogP contribution in [0.1, 0.15) is 36.5 Å². The maximum atomic E-state index is 5.19. The third-order valence-corrected chi connectivity index (χ3v) is 3.38. The zero-order valence-electron chi connectivity index (χ0n) is 13.1. The van der Waals surface area contributed by atoms with Crippen LogP contribution in [-0.4, -0.2) is 33.4 Å². The highest BCUT2D eigenvalue weighted by Crippen LogP contribution is 2.19. The quantitative estimate of drug-likeness (QED) is 0.842. The molecule has 2 aromatic rings. The summed E-state index contributed by atoms with van der Waals surface area (Å²) < 4.78 is 7.12. The van der Waals surface area contributed by atoms with E-state index in [2.05, 4.69) is 33.4 Å². The molecule has 21 heavy (non-hydrogen) atoms. The topological polar surface area (TPSA) is 64.9 Å². The Labute approximate surface area is 125 Å². The van der Waals surface area contributed by atoms with E-state index in [0.717, 1.165) is 30.8 Å². The van der Waals surface area contributed by atoms with Gasteiger partial charge in [0.2, 0.25) is 5.88 Å². The van der Waals surface area contributed by atoms with E-state index in [-0.39, 0.29) is 6.04 Å². The molecule has 0 spiro atoms. The highest BCUT2D eigenvalue weighted by molar-refractivity contribution is 5.19. The smallest absolute Gasteiger partial charge is 0.216 e. The maximum Gasteiger partial charge on any atom is 0.216 e. The van der Waals surface area contributed by atoms with Crippen molar-refractivity contribution < 1.29 is 4.74 Å². The van der Waals surface area contributed by atoms with Gasteiger partial charge in [-0.15, -0.1) is 0 Å². The van der Waals surface area contributed by atoms with Gasteiger partial charge in [0.25, 0.3) is 0 Å². The van der Waals surface area contributed by atoms with Gasteiger partial charge in [-0.05, 0) is 26.0 Å². The average molecular weight is 289 g/mol. The van der Waals surface area contributed by atoms with Crippen molar-refractivity contribution in [3.8, 4) is 5.88 Å². The first-order chi connectivity index (χ1) is 10.1. The second-order valence-electron chi connectivity index (χ2n) is 5.10. The molecule has 2 aromatic heterocycles. The van der Waals surface area contributed by atoms with Crippen molar-refractivity contribution in [2.24, 2.45) is 7.05 Å². The van der Waals surface area contributed by atoms with E-state index < -0.39 is 0 Å². The zero-order valence-corrected chi connectivity index (χ0v) is 13.1. The summed E-state index contributed by atoms with van der Waals surface area (Å²) in [5.74, 6) is 0.587. The molecule has 1 atom stereocenters. The lowest BCUT2D eigenvalue weighted by molar-refractivity contribution is 0.393. The first-order valence-corrected chi connectivity index (χ1v) is 7.22. The largest absolute Gasteiger partial charge is 0.481 e. The summed E-state index contributed by atoms with van der Waals surface area (Å²) in [6, 6.07) is 4.12. The highest BCUT2D eigenvalue weighted by Gasteiger charge is 2.16. The predicted molar refractivity (Wildman–Crippen MR) is 81.3 cm³/mol. The third kappa shape index (κ3) is 4.01. The Balaban J connectivity index is 2.22. The lowest BCUT2D eigenvalue weighted by Crippen LogP contribution is -2.26. The molecular formula is C15H23N5O. The van der Waals surface area contributed by atoms with Gasteiger partial charge in [-0.3, -0.25) is 4.68 Å². The van der Waals surface area contributed by atoms with Crippen LogP contribution in [0.15, 0.2) is 18.5 Å². The summed E-state index contributed by atoms with van der Waals surface area (Å²) in [6.07, 6.45) is 3.45. The summed E-state index contributed by atoms with van der Waals surface area (Å²) >= 11 is 0. The minimum Gasteiger partial charge on any atom is -0.481 e. The number of nitrogens with one attached hydrogen (secondary N) is 1. The van der Waals surface area contributed by atoms with Crippen molar-refractivity contribution in [3.63, 3.8) is 0 Å². The van der Waals surface area contributed by atoms with Gasteiger partial charge in [-0.2, -0.15) is 5.10 Å². The summed E-state index contributed by atoms with van der Waals surface area (Å²) in [7, 11) is 3.59. The van der Waals surface area contributed by atoms with Crippen LogP contribution >= 0.6 is 0 Å². The van der Waals surface area contributed by atoms with Gasteiger partial charge < -0.3 is 10.1 Å². The molecule has 0 aliphatic rings. The molecule has 0 fully saturated rings. The minimum atomic E-state index is 0.122. The average Bonchev–Trinajstić information content (AvgIpc) is 2.81. The molecule has 0 bridgehead atoms. The Hall–Kier alpha value is -1.95. The fourth-order valence-corrected chi connectivity index (χ4v) is 2.32. The van der Waals surface area contributed by atoms with Crippen LogP contribution in [0.3, 0.4) is 0 Å². The summed E-state index contributed by atoms with van der Waals surface area (Å²) in [5.41, 5.74) is 3.15. The van der Waals surface area contributed by atoms with Gasteiger partial charge in [0, 0.05) is 25.2 Å². The molecule has 114 valence electrons. The molecule has 0 amide bonds. The van der Waals surface area contributed by atoms with Gasteiger partial charge >= 0.3 is 0 Å². The van der Waals surface area contributed by atoms with E-state index in [0.29, 0.717) is 5.88 Å². The van der Waals surface area contributed by atoms with Crippen molar-refractivity contribution in [2.75, 3.05) is 13.7 Å². The van der Waals surface area contributed by atoms with Gasteiger partial charge in [-0.1, -0.05) is 6.92 Å². The van der Waals surface area contributed by atoms with Gasteiger partial charge in [0.1, 0.15) is 6.33 Å². The van der Waals surface area contributed by atoms with Crippen LogP contribution < -0.4 is 10.1 Å². The molecule has 0 saturated carbocycles. The van der Waals surface area contributed by atoms with Gasteiger partial charge in [-0.25, -0.2) is 9.97 Å². The number of hydrogen-bond acceptors (Lipinski definition) is 5.